The first-order valence-electron chi connectivity index (χ1n) is 12.4. The molecule has 0 radical (unpaired) electrons. The number of rotatable bonds is 8. The molecule has 0 fully saturated rings. The quantitative estimate of drug-likeness (QED) is 0.343. The van der Waals surface area contributed by atoms with Gasteiger partial charge in [-0.1, -0.05) is 65.3 Å². The Kier molecular flexibility index (Phi) is 10.5. The Bertz CT molecular complexity index is 1160. The normalized spacial score (nSPS) is 10.9. The van der Waals surface area contributed by atoms with E-state index in [0.717, 1.165) is 33.6 Å². The number of halogens is 1. The molecule has 0 spiro atoms. The molecule has 5 heteroatoms. The van der Waals surface area contributed by atoms with Gasteiger partial charge in [0.1, 0.15) is 23.9 Å². The van der Waals surface area contributed by atoms with Gasteiger partial charge in [0, 0.05) is 12.0 Å². The summed E-state index contributed by atoms with van der Waals surface area (Å²) in [5.74, 6) is 0.233. The molecule has 0 aromatic heterocycles. The Balaban J connectivity index is 0.00000145. The summed E-state index contributed by atoms with van der Waals surface area (Å²) in [4.78, 5) is 10.8. The molecule has 0 heterocycles. The molecule has 4 nitrogen and oxygen atoms in total. The van der Waals surface area contributed by atoms with Crippen LogP contribution in [0.5, 0.6) is 11.5 Å². The molecule has 0 aliphatic rings. The average molecular weight is 495 g/mol. The van der Waals surface area contributed by atoms with Crippen LogP contribution in [0.1, 0.15) is 69.7 Å². The SMILES string of the molecule is CCC.COc1ccc(F)c(-c2cc(COc3ccc(CCC(=O)O)cc3C)ccc2C(C)(C)C)c1. The minimum Gasteiger partial charge on any atom is -0.497 e. The van der Waals surface area contributed by atoms with Gasteiger partial charge in [-0.2, -0.15) is 0 Å². The van der Waals surface area contributed by atoms with Gasteiger partial charge >= 0.3 is 5.97 Å². The van der Waals surface area contributed by atoms with E-state index in [1.54, 1.807) is 19.2 Å². The lowest BCUT2D eigenvalue weighted by Gasteiger charge is -2.24. The lowest BCUT2D eigenvalue weighted by atomic mass is 9.81. The summed E-state index contributed by atoms with van der Waals surface area (Å²) in [5.41, 5.74) is 5.02. The van der Waals surface area contributed by atoms with Gasteiger partial charge in [-0.15, -0.1) is 0 Å². The molecule has 3 aromatic rings. The van der Waals surface area contributed by atoms with E-state index in [2.05, 4.69) is 34.6 Å². The van der Waals surface area contributed by atoms with Crippen LogP contribution in [0.3, 0.4) is 0 Å². The summed E-state index contributed by atoms with van der Waals surface area (Å²) < 4.78 is 26.2. The second-order valence-electron chi connectivity index (χ2n) is 9.97. The van der Waals surface area contributed by atoms with Crippen LogP contribution in [0, 0.1) is 12.7 Å². The van der Waals surface area contributed by atoms with Crippen molar-refractivity contribution in [3.8, 4) is 22.6 Å². The zero-order valence-electron chi connectivity index (χ0n) is 22.6. The van der Waals surface area contributed by atoms with E-state index in [1.807, 2.05) is 43.3 Å². The molecule has 36 heavy (non-hydrogen) atoms. The van der Waals surface area contributed by atoms with Crippen molar-refractivity contribution in [1.82, 2.24) is 0 Å². The van der Waals surface area contributed by atoms with E-state index in [-0.39, 0.29) is 17.7 Å². The first-order chi connectivity index (χ1) is 17.0. The largest absolute Gasteiger partial charge is 0.497 e. The number of aryl methyl sites for hydroxylation is 2. The van der Waals surface area contributed by atoms with Gasteiger partial charge in [0.05, 0.1) is 7.11 Å². The molecule has 1 N–H and O–H groups in total. The molecule has 194 valence electrons. The van der Waals surface area contributed by atoms with Crippen molar-refractivity contribution >= 4 is 5.97 Å². The smallest absolute Gasteiger partial charge is 0.303 e. The molecule has 3 aromatic carbocycles. The van der Waals surface area contributed by atoms with E-state index in [9.17, 15) is 9.18 Å². The van der Waals surface area contributed by atoms with Crippen molar-refractivity contribution in [2.24, 2.45) is 0 Å². The number of ether oxygens (including phenoxy) is 2. The Morgan fingerprint density at radius 1 is 0.944 bits per heavy atom. The van der Waals surface area contributed by atoms with Gasteiger partial charge in [-0.25, -0.2) is 4.39 Å². The van der Waals surface area contributed by atoms with Gasteiger partial charge in [-0.05, 0) is 76.9 Å². The number of methoxy groups -OCH3 is 1. The third kappa shape index (κ3) is 8.11. The molecule has 0 saturated carbocycles. The molecule has 0 bridgehead atoms. The van der Waals surface area contributed by atoms with Gasteiger partial charge in [0.15, 0.2) is 0 Å². The molecule has 0 amide bonds. The maximum absolute atomic E-state index is 14.8. The van der Waals surface area contributed by atoms with Gasteiger partial charge < -0.3 is 14.6 Å². The van der Waals surface area contributed by atoms with Crippen LogP contribution in [0.4, 0.5) is 4.39 Å². The fraction of sp³-hybridized carbons (Fsp3) is 0.387. The number of carboxylic acid groups (broad SMARTS) is 1. The zero-order chi connectivity index (χ0) is 26.9. The third-order valence-electron chi connectivity index (χ3n) is 5.62. The fourth-order valence-electron chi connectivity index (χ4n) is 3.84. The number of carbonyl (C=O) groups is 1. The Hall–Kier alpha value is -3.34. The number of benzene rings is 3. The van der Waals surface area contributed by atoms with Crippen molar-refractivity contribution in [2.45, 2.75) is 72.8 Å². The number of carboxylic acids is 1. The minimum absolute atomic E-state index is 0.101. The van der Waals surface area contributed by atoms with Crippen molar-refractivity contribution in [3.63, 3.8) is 0 Å². The summed E-state index contributed by atoms with van der Waals surface area (Å²) >= 11 is 0. The first-order valence-corrected chi connectivity index (χ1v) is 12.4. The molecule has 3 rings (SSSR count). The van der Waals surface area contributed by atoms with Crippen LogP contribution in [0.2, 0.25) is 0 Å². The van der Waals surface area contributed by atoms with Crippen LogP contribution in [0.15, 0.2) is 54.6 Å². The maximum Gasteiger partial charge on any atom is 0.303 e. The Morgan fingerprint density at radius 2 is 1.61 bits per heavy atom. The second kappa shape index (κ2) is 13.1. The average Bonchev–Trinajstić information content (AvgIpc) is 2.82. The zero-order valence-corrected chi connectivity index (χ0v) is 22.6. The van der Waals surface area contributed by atoms with Gasteiger partial charge in [0.2, 0.25) is 0 Å². The molecular weight excluding hydrogens is 455 g/mol. The topological polar surface area (TPSA) is 55.8 Å². The monoisotopic (exact) mass is 494 g/mol. The molecule has 0 aliphatic heterocycles. The summed E-state index contributed by atoms with van der Waals surface area (Å²) in [5, 5.41) is 8.87. The third-order valence-corrected chi connectivity index (χ3v) is 5.62. The fourth-order valence-corrected chi connectivity index (χ4v) is 3.84. The molecule has 0 unspecified atom stereocenters. The summed E-state index contributed by atoms with van der Waals surface area (Å²) in [6, 6.07) is 16.5. The van der Waals surface area contributed by atoms with Crippen molar-refractivity contribution in [2.75, 3.05) is 7.11 Å². The Labute approximate surface area is 215 Å². The van der Waals surface area contributed by atoms with Crippen LogP contribution in [0.25, 0.3) is 11.1 Å². The number of hydrogen-bond acceptors (Lipinski definition) is 3. The van der Waals surface area contributed by atoms with Crippen LogP contribution in [-0.4, -0.2) is 18.2 Å². The van der Waals surface area contributed by atoms with E-state index in [4.69, 9.17) is 14.6 Å². The molecular formula is C31H39FO4. The van der Waals surface area contributed by atoms with Crippen LogP contribution in [-0.2, 0) is 23.2 Å². The highest BCUT2D eigenvalue weighted by atomic mass is 19.1. The van der Waals surface area contributed by atoms with Crippen molar-refractivity contribution in [1.29, 1.82) is 0 Å². The van der Waals surface area contributed by atoms with Crippen LogP contribution < -0.4 is 9.47 Å². The highest BCUT2D eigenvalue weighted by Crippen LogP contribution is 2.37. The highest BCUT2D eigenvalue weighted by Gasteiger charge is 2.21. The van der Waals surface area contributed by atoms with E-state index >= 15 is 0 Å². The van der Waals surface area contributed by atoms with E-state index < -0.39 is 5.97 Å². The predicted molar refractivity (Wildman–Crippen MR) is 145 cm³/mol. The lowest BCUT2D eigenvalue weighted by Crippen LogP contribution is -2.13. The van der Waals surface area contributed by atoms with E-state index in [0.29, 0.717) is 24.3 Å². The second-order valence-corrected chi connectivity index (χ2v) is 9.97. The summed E-state index contributed by atoms with van der Waals surface area (Å²) in [7, 11) is 1.57. The molecule has 0 saturated heterocycles. The maximum atomic E-state index is 14.8. The minimum atomic E-state index is -0.810. The van der Waals surface area contributed by atoms with Gasteiger partial charge in [0.25, 0.3) is 0 Å². The van der Waals surface area contributed by atoms with Crippen LogP contribution >= 0.6 is 0 Å². The predicted octanol–water partition coefficient (Wildman–Crippen LogP) is 8.12. The van der Waals surface area contributed by atoms with Crippen molar-refractivity contribution in [3.05, 3.63) is 82.7 Å². The van der Waals surface area contributed by atoms with E-state index in [1.165, 1.54) is 12.5 Å². The molecule has 0 atom stereocenters. The Morgan fingerprint density at radius 3 is 2.19 bits per heavy atom. The summed E-state index contributed by atoms with van der Waals surface area (Å²) in [6.07, 6.45) is 1.84. The standard InChI is InChI=1S/C28H31FO4.C3H8/c1-18-14-19(8-13-27(30)31)7-12-26(18)33-17-20-6-10-24(28(2,3)4)22(15-20)23-16-21(32-5)9-11-25(23)29;1-3-2/h6-7,9-12,14-16H,8,13,17H2,1-5H3,(H,30,31);3H2,1-2H3. The highest BCUT2D eigenvalue weighted by molar-refractivity contribution is 5.71. The number of aliphatic carboxylic acids is 1. The molecule has 0 aliphatic carbocycles. The summed E-state index contributed by atoms with van der Waals surface area (Å²) in [6.45, 7) is 12.8. The lowest BCUT2D eigenvalue weighted by molar-refractivity contribution is -0.136. The van der Waals surface area contributed by atoms with Gasteiger partial charge in [-0.3, -0.25) is 4.79 Å². The van der Waals surface area contributed by atoms with Crippen molar-refractivity contribution < 1.29 is 23.8 Å². The first kappa shape index (κ1) is 28.9. The number of hydrogen-bond donors (Lipinski definition) is 1.